The second kappa shape index (κ2) is 9.93. The van der Waals surface area contributed by atoms with Crippen LogP contribution in [0.2, 0.25) is 0 Å². The number of hydrogen-bond donors (Lipinski definition) is 2. The van der Waals surface area contributed by atoms with Crippen LogP contribution in [0.1, 0.15) is 28.8 Å². The van der Waals surface area contributed by atoms with Gasteiger partial charge in [0.1, 0.15) is 11.5 Å². The third kappa shape index (κ3) is 5.96. The number of carbonyl (C=O) groups is 1. The molecular weight excluding hydrogens is 370 g/mol. The van der Waals surface area contributed by atoms with E-state index in [2.05, 4.69) is 15.6 Å². The number of aliphatic imine (C=N–C) groups is 1. The minimum atomic E-state index is -0.312. The SMILES string of the molecule is COc1cc(OC)cc(C(=O)NC(=NC[C@H]2CCCO2)Nc2cccc(C)c2)c1. The van der Waals surface area contributed by atoms with E-state index in [1.165, 1.54) is 0 Å². The Kier molecular flexibility index (Phi) is 7.08. The lowest BCUT2D eigenvalue weighted by Crippen LogP contribution is -2.36. The van der Waals surface area contributed by atoms with Gasteiger partial charge in [0.25, 0.3) is 5.91 Å². The Morgan fingerprint density at radius 3 is 2.55 bits per heavy atom. The molecule has 1 amide bonds. The number of aryl methyl sites for hydroxylation is 1. The summed E-state index contributed by atoms with van der Waals surface area (Å²) in [5, 5.41) is 6.06. The molecule has 29 heavy (non-hydrogen) atoms. The fraction of sp³-hybridized carbons (Fsp3) is 0.364. The summed E-state index contributed by atoms with van der Waals surface area (Å²) in [6.45, 7) is 3.25. The molecule has 0 bridgehead atoms. The molecule has 3 rings (SSSR count). The van der Waals surface area contributed by atoms with E-state index in [-0.39, 0.29) is 12.0 Å². The average molecular weight is 397 g/mol. The molecule has 1 atom stereocenters. The van der Waals surface area contributed by atoms with Crippen LogP contribution < -0.4 is 20.1 Å². The molecule has 0 saturated carbocycles. The molecule has 2 aromatic carbocycles. The molecule has 1 heterocycles. The molecule has 1 aliphatic rings. The van der Waals surface area contributed by atoms with Crippen LogP contribution in [0.3, 0.4) is 0 Å². The summed E-state index contributed by atoms with van der Waals surface area (Å²) in [6, 6.07) is 12.9. The summed E-state index contributed by atoms with van der Waals surface area (Å²) in [7, 11) is 3.09. The Bertz CT molecular complexity index is 854. The van der Waals surface area contributed by atoms with E-state index in [1.54, 1.807) is 32.4 Å². The molecule has 154 valence electrons. The zero-order valence-electron chi connectivity index (χ0n) is 17.0. The van der Waals surface area contributed by atoms with Crippen molar-refractivity contribution in [1.29, 1.82) is 0 Å². The fourth-order valence-electron chi connectivity index (χ4n) is 3.07. The van der Waals surface area contributed by atoms with Crippen LogP contribution in [0.15, 0.2) is 47.5 Å². The smallest absolute Gasteiger partial charge is 0.258 e. The van der Waals surface area contributed by atoms with Crippen LogP contribution in [0.5, 0.6) is 11.5 Å². The maximum Gasteiger partial charge on any atom is 0.258 e. The lowest BCUT2D eigenvalue weighted by Gasteiger charge is -2.14. The van der Waals surface area contributed by atoms with Gasteiger partial charge in [-0.2, -0.15) is 0 Å². The highest BCUT2D eigenvalue weighted by atomic mass is 16.5. The Balaban J connectivity index is 1.79. The van der Waals surface area contributed by atoms with Gasteiger partial charge in [0, 0.05) is 23.9 Å². The number of benzene rings is 2. The zero-order valence-corrected chi connectivity index (χ0v) is 17.0. The summed E-state index contributed by atoms with van der Waals surface area (Å²) in [5.74, 6) is 1.14. The van der Waals surface area contributed by atoms with Crippen molar-refractivity contribution in [2.45, 2.75) is 25.9 Å². The van der Waals surface area contributed by atoms with Gasteiger partial charge in [-0.1, -0.05) is 12.1 Å². The maximum atomic E-state index is 12.9. The van der Waals surface area contributed by atoms with Gasteiger partial charge in [-0.3, -0.25) is 10.1 Å². The van der Waals surface area contributed by atoms with E-state index in [4.69, 9.17) is 14.2 Å². The lowest BCUT2D eigenvalue weighted by molar-refractivity contribution is 0.0975. The summed E-state index contributed by atoms with van der Waals surface area (Å²) >= 11 is 0. The van der Waals surface area contributed by atoms with Crippen molar-refractivity contribution in [3.8, 4) is 11.5 Å². The highest BCUT2D eigenvalue weighted by Crippen LogP contribution is 2.22. The minimum absolute atomic E-state index is 0.0816. The number of carbonyl (C=O) groups excluding carboxylic acids is 1. The van der Waals surface area contributed by atoms with Crippen LogP contribution in [-0.4, -0.2) is 45.3 Å². The quantitative estimate of drug-likeness (QED) is 0.577. The van der Waals surface area contributed by atoms with Gasteiger partial charge < -0.3 is 19.5 Å². The van der Waals surface area contributed by atoms with E-state index in [0.29, 0.717) is 29.6 Å². The van der Waals surface area contributed by atoms with Crippen molar-refractivity contribution in [3.63, 3.8) is 0 Å². The summed E-state index contributed by atoms with van der Waals surface area (Å²) in [4.78, 5) is 17.4. The standard InChI is InChI=1S/C22H27N3O4/c1-15-6-4-7-17(10-15)24-22(23-14-18-8-5-9-29-18)25-21(26)16-11-19(27-2)13-20(12-16)28-3/h4,6-7,10-13,18H,5,8-9,14H2,1-3H3,(H2,23,24,25,26)/t18-/m1/s1. The van der Waals surface area contributed by atoms with Crippen LogP contribution in [0.25, 0.3) is 0 Å². The molecule has 0 radical (unpaired) electrons. The van der Waals surface area contributed by atoms with Crippen LogP contribution in [-0.2, 0) is 4.74 Å². The molecule has 2 aromatic rings. The number of rotatable bonds is 6. The Labute approximate surface area is 171 Å². The van der Waals surface area contributed by atoms with Gasteiger partial charge in [-0.05, 0) is 49.6 Å². The largest absolute Gasteiger partial charge is 0.497 e. The highest BCUT2D eigenvalue weighted by Gasteiger charge is 2.17. The number of anilines is 1. The predicted octanol–water partition coefficient (Wildman–Crippen LogP) is 3.39. The third-order valence-corrected chi connectivity index (χ3v) is 4.60. The van der Waals surface area contributed by atoms with Crippen molar-refractivity contribution in [3.05, 3.63) is 53.6 Å². The Hall–Kier alpha value is -3.06. The molecule has 1 aliphatic heterocycles. The van der Waals surface area contributed by atoms with Crippen LogP contribution >= 0.6 is 0 Å². The van der Waals surface area contributed by atoms with Crippen molar-refractivity contribution in [1.82, 2.24) is 5.32 Å². The minimum Gasteiger partial charge on any atom is -0.497 e. The molecule has 1 fully saturated rings. The average Bonchev–Trinajstić information content (AvgIpc) is 3.25. The van der Waals surface area contributed by atoms with Gasteiger partial charge in [-0.25, -0.2) is 4.99 Å². The Morgan fingerprint density at radius 2 is 1.93 bits per heavy atom. The van der Waals surface area contributed by atoms with Crippen LogP contribution in [0, 0.1) is 6.92 Å². The molecule has 7 heteroatoms. The van der Waals surface area contributed by atoms with E-state index >= 15 is 0 Å². The number of guanidine groups is 1. The molecule has 0 spiro atoms. The van der Waals surface area contributed by atoms with Crippen LogP contribution in [0.4, 0.5) is 5.69 Å². The van der Waals surface area contributed by atoms with Crippen molar-refractivity contribution in [2.75, 3.05) is 32.7 Å². The normalized spacial score (nSPS) is 16.4. The van der Waals surface area contributed by atoms with Gasteiger partial charge in [0.2, 0.25) is 5.96 Å². The van der Waals surface area contributed by atoms with Gasteiger partial charge >= 0.3 is 0 Å². The number of nitrogens with zero attached hydrogens (tertiary/aromatic N) is 1. The Morgan fingerprint density at radius 1 is 1.17 bits per heavy atom. The lowest BCUT2D eigenvalue weighted by atomic mass is 10.2. The van der Waals surface area contributed by atoms with E-state index < -0.39 is 0 Å². The second-order valence-electron chi connectivity index (χ2n) is 6.87. The zero-order chi connectivity index (χ0) is 20.6. The summed E-state index contributed by atoms with van der Waals surface area (Å²) in [5.41, 5.74) is 2.37. The first-order valence-electron chi connectivity index (χ1n) is 9.61. The number of amides is 1. The molecule has 2 N–H and O–H groups in total. The van der Waals surface area contributed by atoms with E-state index in [9.17, 15) is 4.79 Å². The molecule has 1 saturated heterocycles. The third-order valence-electron chi connectivity index (χ3n) is 4.60. The number of hydrogen-bond acceptors (Lipinski definition) is 5. The molecule has 0 aliphatic carbocycles. The van der Waals surface area contributed by atoms with Gasteiger partial charge in [0.15, 0.2) is 0 Å². The number of nitrogens with one attached hydrogen (secondary N) is 2. The first-order chi connectivity index (χ1) is 14.1. The number of ether oxygens (including phenoxy) is 3. The van der Waals surface area contributed by atoms with E-state index in [1.807, 2.05) is 31.2 Å². The molecule has 0 aromatic heterocycles. The van der Waals surface area contributed by atoms with E-state index in [0.717, 1.165) is 30.7 Å². The van der Waals surface area contributed by atoms with Gasteiger partial charge in [-0.15, -0.1) is 0 Å². The highest BCUT2D eigenvalue weighted by molar-refractivity contribution is 6.10. The molecule has 7 nitrogen and oxygen atoms in total. The van der Waals surface area contributed by atoms with Crippen molar-refractivity contribution < 1.29 is 19.0 Å². The predicted molar refractivity (Wildman–Crippen MR) is 113 cm³/mol. The topological polar surface area (TPSA) is 81.2 Å². The number of methoxy groups -OCH3 is 2. The molecule has 0 unspecified atom stereocenters. The van der Waals surface area contributed by atoms with Crippen molar-refractivity contribution >= 4 is 17.6 Å². The van der Waals surface area contributed by atoms with Gasteiger partial charge in [0.05, 0.1) is 26.9 Å². The summed E-state index contributed by atoms with van der Waals surface area (Å²) < 4.78 is 16.2. The summed E-state index contributed by atoms with van der Waals surface area (Å²) in [6.07, 6.45) is 2.09. The maximum absolute atomic E-state index is 12.9. The second-order valence-corrected chi connectivity index (χ2v) is 6.87. The fourth-order valence-corrected chi connectivity index (χ4v) is 3.07. The first-order valence-corrected chi connectivity index (χ1v) is 9.61. The molecular formula is C22H27N3O4. The van der Waals surface area contributed by atoms with Crippen molar-refractivity contribution in [2.24, 2.45) is 4.99 Å². The monoisotopic (exact) mass is 397 g/mol. The first kappa shape index (κ1) is 20.7.